The lowest BCUT2D eigenvalue weighted by molar-refractivity contribution is 0.226. The average Bonchev–Trinajstić information content (AvgIpc) is 2.97. The number of nitrogens with zero attached hydrogens (tertiary/aromatic N) is 2. The van der Waals surface area contributed by atoms with Crippen LogP contribution >= 0.6 is 0 Å². The minimum atomic E-state index is 0.703. The second kappa shape index (κ2) is 6.78. The van der Waals surface area contributed by atoms with Gasteiger partial charge in [-0.15, -0.1) is 0 Å². The van der Waals surface area contributed by atoms with E-state index >= 15 is 0 Å². The highest BCUT2D eigenvalue weighted by Gasteiger charge is 2.36. The topological polar surface area (TPSA) is 28.2 Å². The first-order valence-electron chi connectivity index (χ1n) is 8.72. The van der Waals surface area contributed by atoms with E-state index in [2.05, 4.69) is 34.3 Å². The van der Waals surface area contributed by atoms with Crippen molar-refractivity contribution < 1.29 is 0 Å². The molecule has 0 amide bonds. The number of piperidine rings is 1. The zero-order chi connectivity index (χ0) is 14.5. The number of hydrogen-bond acceptors (Lipinski definition) is 3. The first kappa shape index (κ1) is 14.8. The third-order valence-corrected chi connectivity index (χ3v) is 5.39. The molecule has 0 aromatic carbocycles. The summed E-state index contributed by atoms with van der Waals surface area (Å²) < 4.78 is 0. The summed E-state index contributed by atoms with van der Waals surface area (Å²) in [7, 11) is 0. The molecule has 21 heavy (non-hydrogen) atoms. The quantitative estimate of drug-likeness (QED) is 0.836. The molecule has 1 aromatic rings. The van der Waals surface area contributed by atoms with Gasteiger partial charge >= 0.3 is 0 Å². The predicted octanol–water partition coefficient (Wildman–Crippen LogP) is 3.74. The van der Waals surface area contributed by atoms with Gasteiger partial charge in [0.25, 0.3) is 0 Å². The van der Waals surface area contributed by atoms with Crippen LogP contribution in [-0.2, 0) is 6.54 Å². The SMILES string of the molecule is CCCNCc1cc(N2CCC3(CCCC3)CC2)ccn1. The van der Waals surface area contributed by atoms with E-state index in [0.29, 0.717) is 5.41 Å². The van der Waals surface area contributed by atoms with Gasteiger partial charge in [0, 0.05) is 31.5 Å². The van der Waals surface area contributed by atoms with E-state index in [1.165, 1.54) is 69.4 Å². The Hall–Kier alpha value is -1.09. The maximum Gasteiger partial charge on any atom is 0.0562 e. The molecule has 2 fully saturated rings. The molecule has 116 valence electrons. The smallest absolute Gasteiger partial charge is 0.0562 e. The molecule has 1 aliphatic heterocycles. The lowest BCUT2D eigenvalue weighted by atomic mass is 9.77. The van der Waals surface area contributed by atoms with Gasteiger partial charge in [-0.25, -0.2) is 0 Å². The highest BCUT2D eigenvalue weighted by atomic mass is 15.1. The maximum atomic E-state index is 4.49. The van der Waals surface area contributed by atoms with E-state index in [9.17, 15) is 0 Å². The molecule has 3 heteroatoms. The predicted molar refractivity (Wildman–Crippen MR) is 88.6 cm³/mol. The van der Waals surface area contributed by atoms with Crippen LogP contribution < -0.4 is 10.2 Å². The van der Waals surface area contributed by atoms with Crippen molar-refractivity contribution in [2.75, 3.05) is 24.5 Å². The van der Waals surface area contributed by atoms with Gasteiger partial charge in [0.05, 0.1) is 5.69 Å². The number of aromatic nitrogens is 1. The van der Waals surface area contributed by atoms with E-state index in [0.717, 1.165) is 13.1 Å². The summed E-state index contributed by atoms with van der Waals surface area (Å²) in [6.45, 7) is 6.61. The van der Waals surface area contributed by atoms with Crippen LogP contribution in [0.3, 0.4) is 0 Å². The molecule has 0 unspecified atom stereocenters. The third kappa shape index (κ3) is 3.57. The van der Waals surface area contributed by atoms with Crippen molar-refractivity contribution in [1.82, 2.24) is 10.3 Å². The van der Waals surface area contributed by atoms with E-state index in [1.807, 2.05) is 6.20 Å². The lowest BCUT2D eigenvalue weighted by Crippen LogP contribution is -2.38. The third-order valence-electron chi connectivity index (χ3n) is 5.39. The van der Waals surface area contributed by atoms with Crippen LogP contribution in [-0.4, -0.2) is 24.6 Å². The Morgan fingerprint density at radius 1 is 1.19 bits per heavy atom. The van der Waals surface area contributed by atoms with Gasteiger partial charge in [0.15, 0.2) is 0 Å². The maximum absolute atomic E-state index is 4.49. The van der Waals surface area contributed by atoms with Crippen molar-refractivity contribution in [1.29, 1.82) is 0 Å². The van der Waals surface area contributed by atoms with Gasteiger partial charge < -0.3 is 10.2 Å². The highest BCUT2D eigenvalue weighted by molar-refractivity contribution is 5.47. The summed E-state index contributed by atoms with van der Waals surface area (Å²) in [6, 6.07) is 4.45. The summed E-state index contributed by atoms with van der Waals surface area (Å²) in [4.78, 5) is 7.05. The minimum absolute atomic E-state index is 0.703. The van der Waals surface area contributed by atoms with Gasteiger partial charge in [-0.3, -0.25) is 4.98 Å². The fourth-order valence-electron chi connectivity index (χ4n) is 4.02. The number of anilines is 1. The van der Waals surface area contributed by atoms with Gasteiger partial charge in [-0.1, -0.05) is 19.8 Å². The molecule has 1 aromatic heterocycles. The first-order valence-corrected chi connectivity index (χ1v) is 8.72. The van der Waals surface area contributed by atoms with Crippen LogP contribution in [0.4, 0.5) is 5.69 Å². The van der Waals surface area contributed by atoms with Crippen LogP contribution in [0.15, 0.2) is 18.3 Å². The van der Waals surface area contributed by atoms with Crippen molar-refractivity contribution in [2.45, 2.75) is 58.4 Å². The monoisotopic (exact) mass is 287 g/mol. The number of rotatable bonds is 5. The number of hydrogen-bond donors (Lipinski definition) is 1. The Balaban J connectivity index is 1.58. The normalized spacial score (nSPS) is 21.1. The number of pyridine rings is 1. The van der Waals surface area contributed by atoms with E-state index in [1.54, 1.807) is 0 Å². The van der Waals surface area contributed by atoms with Crippen molar-refractivity contribution in [3.05, 3.63) is 24.0 Å². The summed E-state index contributed by atoms with van der Waals surface area (Å²) in [6.07, 6.45) is 11.8. The fraction of sp³-hybridized carbons (Fsp3) is 0.722. The van der Waals surface area contributed by atoms with Crippen LogP contribution in [0.2, 0.25) is 0 Å². The van der Waals surface area contributed by atoms with E-state index in [-0.39, 0.29) is 0 Å². The summed E-state index contributed by atoms with van der Waals surface area (Å²) in [5.41, 5.74) is 3.24. The molecule has 1 N–H and O–H groups in total. The van der Waals surface area contributed by atoms with E-state index in [4.69, 9.17) is 0 Å². The van der Waals surface area contributed by atoms with Gasteiger partial charge in [0.1, 0.15) is 0 Å². The summed E-state index contributed by atoms with van der Waals surface area (Å²) in [5.74, 6) is 0. The molecule has 0 bridgehead atoms. The molecule has 1 saturated carbocycles. The van der Waals surface area contributed by atoms with Crippen LogP contribution in [0.5, 0.6) is 0 Å². The largest absolute Gasteiger partial charge is 0.371 e. The van der Waals surface area contributed by atoms with Crippen LogP contribution in [0, 0.1) is 5.41 Å². The fourth-order valence-corrected chi connectivity index (χ4v) is 4.02. The molecule has 3 rings (SSSR count). The molecule has 1 saturated heterocycles. The zero-order valence-corrected chi connectivity index (χ0v) is 13.4. The molecule has 1 aliphatic carbocycles. The Morgan fingerprint density at radius 2 is 1.95 bits per heavy atom. The van der Waals surface area contributed by atoms with Crippen molar-refractivity contribution in [3.63, 3.8) is 0 Å². The van der Waals surface area contributed by atoms with Gasteiger partial charge in [0.2, 0.25) is 0 Å². The van der Waals surface area contributed by atoms with Gasteiger partial charge in [-0.05, 0) is 56.2 Å². The van der Waals surface area contributed by atoms with Crippen LogP contribution in [0.1, 0.15) is 57.6 Å². The Bertz CT molecular complexity index is 442. The highest BCUT2D eigenvalue weighted by Crippen LogP contribution is 2.46. The molecular weight excluding hydrogens is 258 g/mol. The molecule has 0 atom stereocenters. The summed E-state index contributed by atoms with van der Waals surface area (Å²) in [5, 5.41) is 3.44. The molecule has 3 nitrogen and oxygen atoms in total. The molecule has 2 heterocycles. The van der Waals surface area contributed by atoms with Crippen molar-refractivity contribution >= 4 is 5.69 Å². The number of nitrogens with one attached hydrogen (secondary N) is 1. The second-order valence-corrected chi connectivity index (χ2v) is 6.88. The molecular formula is C18H29N3. The Morgan fingerprint density at radius 3 is 2.67 bits per heavy atom. The van der Waals surface area contributed by atoms with Crippen LogP contribution in [0.25, 0.3) is 0 Å². The first-order chi connectivity index (χ1) is 10.3. The minimum Gasteiger partial charge on any atom is -0.371 e. The summed E-state index contributed by atoms with van der Waals surface area (Å²) >= 11 is 0. The second-order valence-electron chi connectivity index (χ2n) is 6.88. The van der Waals surface area contributed by atoms with E-state index < -0.39 is 0 Å². The standard InChI is InChI=1S/C18H29N3/c1-2-10-19-15-16-14-17(5-11-20-16)21-12-8-18(9-13-21)6-3-4-7-18/h5,11,14,19H,2-4,6-10,12-13,15H2,1H3. The molecule has 2 aliphatic rings. The van der Waals surface area contributed by atoms with Crippen molar-refractivity contribution in [3.8, 4) is 0 Å². The lowest BCUT2D eigenvalue weighted by Gasteiger charge is -2.40. The van der Waals surface area contributed by atoms with Crippen molar-refractivity contribution in [2.24, 2.45) is 5.41 Å². The average molecular weight is 287 g/mol. The molecule has 0 radical (unpaired) electrons. The molecule has 1 spiro atoms. The zero-order valence-electron chi connectivity index (χ0n) is 13.4. The Kier molecular flexibility index (Phi) is 4.79. The van der Waals surface area contributed by atoms with Gasteiger partial charge in [-0.2, -0.15) is 0 Å². The Labute approximate surface area is 129 Å².